The van der Waals surface area contributed by atoms with Crippen molar-refractivity contribution >= 4 is 39.1 Å². The molecule has 0 amide bonds. The quantitative estimate of drug-likeness (QED) is 0.864. The molecule has 2 N–H and O–H groups in total. The molecule has 1 atom stereocenters. The molecule has 0 bridgehead atoms. The first-order chi connectivity index (χ1) is 9.43. The van der Waals surface area contributed by atoms with Crippen molar-refractivity contribution in [3.63, 3.8) is 0 Å². The van der Waals surface area contributed by atoms with Gasteiger partial charge in [-0.05, 0) is 40.0 Å². The Morgan fingerprint density at radius 3 is 2.65 bits per heavy atom. The van der Waals surface area contributed by atoms with Crippen molar-refractivity contribution in [1.82, 2.24) is 9.78 Å². The molecule has 1 heterocycles. The van der Waals surface area contributed by atoms with Crippen LogP contribution in [-0.4, -0.2) is 9.78 Å². The summed E-state index contributed by atoms with van der Waals surface area (Å²) < 4.78 is 2.67. The molecule has 0 saturated heterocycles. The summed E-state index contributed by atoms with van der Waals surface area (Å²) in [6, 6.07) is 5.57. The number of halogens is 3. The molecule has 20 heavy (non-hydrogen) atoms. The molecule has 0 aliphatic heterocycles. The third kappa shape index (κ3) is 3.19. The van der Waals surface area contributed by atoms with Gasteiger partial charge in [0.15, 0.2) is 0 Å². The van der Waals surface area contributed by atoms with E-state index in [4.69, 9.17) is 28.9 Å². The van der Waals surface area contributed by atoms with E-state index in [2.05, 4.69) is 21.0 Å². The molecule has 0 fully saturated rings. The Bertz CT molecular complexity index is 625. The van der Waals surface area contributed by atoms with Gasteiger partial charge in [0, 0.05) is 24.0 Å². The van der Waals surface area contributed by atoms with Gasteiger partial charge in [0.05, 0.1) is 21.4 Å². The average Bonchev–Trinajstić information content (AvgIpc) is 2.69. The van der Waals surface area contributed by atoms with Crippen molar-refractivity contribution in [1.29, 1.82) is 0 Å². The van der Waals surface area contributed by atoms with Crippen LogP contribution in [0.2, 0.25) is 10.0 Å². The SMILES string of the molecule is CCc1nn(C)c(CC(N)c2ccc(Br)c(Cl)c2)c1Cl. The first-order valence-electron chi connectivity index (χ1n) is 6.34. The molecule has 108 valence electrons. The first kappa shape index (κ1) is 15.8. The predicted octanol–water partition coefficient (Wildman–Crippen LogP) is 4.29. The second kappa shape index (κ2) is 6.48. The Morgan fingerprint density at radius 1 is 1.40 bits per heavy atom. The predicted molar refractivity (Wildman–Crippen MR) is 87.4 cm³/mol. The van der Waals surface area contributed by atoms with Gasteiger partial charge in [-0.15, -0.1) is 0 Å². The van der Waals surface area contributed by atoms with E-state index in [1.54, 1.807) is 0 Å². The summed E-state index contributed by atoms with van der Waals surface area (Å²) >= 11 is 15.8. The van der Waals surface area contributed by atoms with Gasteiger partial charge >= 0.3 is 0 Å². The molecule has 6 heteroatoms. The lowest BCUT2D eigenvalue weighted by Crippen LogP contribution is -2.15. The highest BCUT2D eigenvalue weighted by Gasteiger charge is 2.17. The molecule has 0 saturated carbocycles. The lowest BCUT2D eigenvalue weighted by molar-refractivity contribution is 0.638. The van der Waals surface area contributed by atoms with Gasteiger partial charge in [0.25, 0.3) is 0 Å². The fraction of sp³-hybridized carbons (Fsp3) is 0.357. The zero-order chi connectivity index (χ0) is 14.9. The van der Waals surface area contributed by atoms with Crippen LogP contribution in [0.3, 0.4) is 0 Å². The summed E-state index contributed by atoms with van der Waals surface area (Å²) in [5.74, 6) is 0. The lowest BCUT2D eigenvalue weighted by atomic mass is 10.0. The van der Waals surface area contributed by atoms with Gasteiger partial charge in [-0.1, -0.05) is 36.2 Å². The smallest absolute Gasteiger partial charge is 0.0850 e. The van der Waals surface area contributed by atoms with E-state index in [9.17, 15) is 0 Å². The highest BCUT2D eigenvalue weighted by Crippen LogP contribution is 2.29. The van der Waals surface area contributed by atoms with Crippen LogP contribution < -0.4 is 5.73 Å². The molecule has 0 spiro atoms. The van der Waals surface area contributed by atoms with Crippen LogP contribution in [0.1, 0.15) is 29.9 Å². The summed E-state index contributed by atoms with van der Waals surface area (Å²) in [6.45, 7) is 2.03. The molecular weight excluding hydrogens is 361 g/mol. The summed E-state index contributed by atoms with van der Waals surface area (Å²) in [5.41, 5.74) is 9.10. The summed E-state index contributed by atoms with van der Waals surface area (Å²) in [4.78, 5) is 0. The summed E-state index contributed by atoms with van der Waals surface area (Å²) in [5, 5.41) is 5.77. The fourth-order valence-electron chi connectivity index (χ4n) is 2.11. The number of aryl methyl sites for hydroxylation is 2. The van der Waals surface area contributed by atoms with Gasteiger partial charge < -0.3 is 5.73 Å². The molecule has 3 nitrogen and oxygen atoms in total. The fourth-order valence-corrected chi connectivity index (χ4v) is 2.92. The summed E-state index contributed by atoms with van der Waals surface area (Å²) in [7, 11) is 1.89. The number of nitrogens with two attached hydrogens (primary N) is 1. The molecule has 0 aliphatic carbocycles. The molecular formula is C14H16BrCl2N3. The molecule has 1 unspecified atom stereocenters. The third-order valence-corrected chi connectivity index (χ3v) is 4.96. The van der Waals surface area contributed by atoms with E-state index in [-0.39, 0.29) is 6.04 Å². The topological polar surface area (TPSA) is 43.8 Å². The minimum atomic E-state index is -0.168. The van der Waals surface area contributed by atoms with E-state index >= 15 is 0 Å². The normalized spacial score (nSPS) is 12.7. The number of hydrogen-bond acceptors (Lipinski definition) is 2. The number of benzene rings is 1. The first-order valence-corrected chi connectivity index (χ1v) is 7.89. The van der Waals surface area contributed by atoms with Gasteiger partial charge in [-0.3, -0.25) is 4.68 Å². The van der Waals surface area contributed by atoms with Crippen LogP contribution in [0.25, 0.3) is 0 Å². The minimum Gasteiger partial charge on any atom is -0.324 e. The van der Waals surface area contributed by atoms with E-state index < -0.39 is 0 Å². The molecule has 2 aromatic rings. The second-order valence-electron chi connectivity index (χ2n) is 4.67. The Labute approximate surface area is 137 Å². The van der Waals surface area contributed by atoms with Crippen LogP contribution in [0.15, 0.2) is 22.7 Å². The maximum Gasteiger partial charge on any atom is 0.0850 e. The maximum atomic E-state index is 6.35. The van der Waals surface area contributed by atoms with E-state index in [1.807, 2.05) is 36.9 Å². The molecule has 1 aromatic carbocycles. The number of rotatable bonds is 4. The van der Waals surface area contributed by atoms with Crippen LogP contribution >= 0.6 is 39.1 Å². The Balaban J connectivity index is 2.25. The van der Waals surface area contributed by atoms with Crippen molar-refractivity contribution < 1.29 is 0 Å². The van der Waals surface area contributed by atoms with E-state index in [0.29, 0.717) is 16.5 Å². The Kier molecular flexibility index (Phi) is 5.13. The van der Waals surface area contributed by atoms with Gasteiger partial charge in [-0.25, -0.2) is 0 Å². The van der Waals surface area contributed by atoms with E-state index in [1.165, 1.54) is 0 Å². The monoisotopic (exact) mass is 375 g/mol. The highest BCUT2D eigenvalue weighted by atomic mass is 79.9. The maximum absolute atomic E-state index is 6.35. The van der Waals surface area contributed by atoms with Crippen molar-refractivity contribution in [2.75, 3.05) is 0 Å². The largest absolute Gasteiger partial charge is 0.324 e. The van der Waals surface area contributed by atoms with Crippen LogP contribution in [-0.2, 0) is 19.9 Å². The number of hydrogen-bond donors (Lipinski definition) is 1. The van der Waals surface area contributed by atoms with Gasteiger partial charge in [-0.2, -0.15) is 5.10 Å². The summed E-state index contributed by atoms with van der Waals surface area (Å²) in [6.07, 6.45) is 1.44. The van der Waals surface area contributed by atoms with Crippen LogP contribution in [0, 0.1) is 0 Å². The second-order valence-corrected chi connectivity index (χ2v) is 6.31. The molecule has 2 rings (SSSR count). The minimum absolute atomic E-state index is 0.168. The van der Waals surface area contributed by atoms with E-state index in [0.717, 1.165) is 27.8 Å². The standard InChI is InChI=1S/C14H16BrCl2N3/c1-3-12-14(17)13(20(2)19-12)7-11(18)8-4-5-9(15)10(16)6-8/h4-6,11H,3,7,18H2,1-2H3. The van der Waals surface area contributed by atoms with Crippen molar-refractivity contribution in [3.8, 4) is 0 Å². The molecule has 1 aromatic heterocycles. The molecule has 0 aliphatic rings. The average molecular weight is 377 g/mol. The van der Waals surface area contributed by atoms with Crippen molar-refractivity contribution in [3.05, 3.63) is 49.7 Å². The van der Waals surface area contributed by atoms with Gasteiger partial charge in [0.1, 0.15) is 0 Å². The Morgan fingerprint density at radius 2 is 2.10 bits per heavy atom. The third-order valence-electron chi connectivity index (χ3n) is 3.29. The zero-order valence-corrected chi connectivity index (χ0v) is 14.4. The zero-order valence-electron chi connectivity index (χ0n) is 11.3. The lowest BCUT2D eigenvalue weighted by Gasteiger charge is -2.13. The van der Waals surface area contributed by atoms with Crippen LogP contribution in [0.5, 0.6) is 0 Å². The Hall–Kier alpha value is -0.550. The highest BCUT2D eigenvalue weighted by molar-refractivity contribution is 9.10. The van der Waals surface area contributed by atoms with Crippen molar-refractivity contribution in [2.45, 2.75) is 25.8 Å². The van der Waals surface area contributed by atoms with Gasteiger partial charge in [0.2, 0.25) is 0 Å². The number of aromatic nitrogens is 2. The number of nitrogens with zero attached hydrogens (tertiary/aromatic N) is 2. The van der Waals surface area contributed by atoms with Crippen LogP contribution in [0.4, 0.5) is 0 Å². The molecule has 0 radical (unpaired) electrons. The van der Waals surface area contributed by atoms with Crippen molar-refractivity contribution in [2.24, 2.45) is 12.8 Å².